The van der Waals surface area contributed by atoms with Crippen molar-refractivity contribution < 1.29 is 9.18 Å². The number of halogens is 1. The van der Waals surface area contributed by atoms with Gasteiger partial charge in [-0.25, -0.2) is 9.37 Å². The van der Waals surface area contributed by atoms with Crippen LogP contribution in [-0.4, -0.2) is 25.5 Å². The molecule has 1 amide bonds. The molecule has 4 rings (SSSR count). The molecular weight excluding hydrogens is 359 g/mol. The van der Waals surface area contributed by atoms with Crippen molar-refractivity contribution in [3.63, 3.8) is 0 Å². The summed E-state index contributed by atoms with van der Waals surface area (Å²) in [6.45, 7) is 2.30. The minimum absolute atomic E-state index is 0.290. The fourth-order valence-electron chi connectivity index (χ4n) is 3.15. The van der Waals surface area contributed by atoms with Gasteiger partial charge in [0.15, 0.2) is 0 Å². The molecule has 0 radical (unpaired) electrons. The van der Waals surface area contributed by atoms with Gasteiger partial charge in [0.05, 0.1) is 23.0 Å². The Morgan fingerprint density at radius 1 is 1.25 bits per heavy atom. The number of benzene rings is 1. The van der Waals surface area contributed by atoms with Gasteiger partial charge in [-0.05, 0) is 48.4 Å². The lowest BCUT2D eigenvalue weighted by atomic mass is 10.2. The number of primary amides is 1. The highest BCUT2D eigenvalue weighted by Crippen LogP contribution is 2.26. The smallest absolute Gasteiger partial charge is 0.250 e. The van der Waals surface area contributed by atoms with Crippen LogP contribution in [0.15, 0.2) is 54.9 Å². The van der Waals surface area contributed by atoms with Crippen molar-refractivity contribution in [2.45, 2.75) is 13.5 Å². The van der Waals surface area contributed by atoms with Crippen LogP contribution in [0.25, 0.3) is 17.0 Å². The number of amides is 1. The Bertz CT molecular complexity index is 1190. The normalized spacial score (nSPS) is 10.9. The van der Waals surface area contributed by atoms with Crippen LogP contribution in [0.4, 0.5) is 10.2 Å². The van der Waals surface area contributed by atoms with Crippen LogP contribution in [-0.2, 0) is 6.54 Å². The second-order valence-corrected chi connectivity index (χ2v) is 6.37. The van der Waals surface area contributed by atoms with Crippen LogP contribution >= 0.6 is 0 Å². The zero-order chi connectivity index (χ0) is 19.7. The van der Waals surface area contributed by atoms with Crippen molar-refractivity contribution in [1.82, 2.24) is 19.6 Å². The molecule has 0 saturated carbocycles. The lowest BCUT2D eigenvalue weighted by Gasteiger charge is -2.08. The summed E-state index contributed by atoms with van der Waals surface area (Å²) in [5.74, 6) is 0.124. The fourth-order valence-corrected chi connectivity index (χ4v) is 3.15. The van der Waals surface area contributed by atoms with E-state index in [-0.39, 0.29) is 5.82 Å². The van der Waals surface area contributed by atoms with Gasteiger partial charge >= 0.3 is 0 Å². The van der Waals surface area contributed by atoms with E-state index < -0.39 is 5.91 Å². The first-order chi connectivity index (χ1) is 13.5. The average Bonchev–Trinajstić information content (AvgIpc) is 3.02. The molecule has 3 N–H and O–H groups in total. The summed E-state index contributed by atoms with van der Waals surface area (Å²) in [6, 6.07) is 11.6. The second kappa shape index (κ2) is 7.07. The summed E-state index contributed by atoms with van der Waals surface area (Å²) < 4.78 is 15.1. The quantitative estimate of drug-likeness (QED) is 0.558. The Balaban J connectivity index is 1.69. The number of nitrogens with zero attached hydrogens (tertiary/aromatic N) is 4. The molecule has 0 unspecified atom stereocenters. The molecule has 8 heteroatoms. The van der Waals surface area contributed by atoms with E-state index in [0.717, 1.165) is 16.8 Å². The minimum atomic E-state index is -0.501. The van der Waals surface area contributed by atoms with E-state index in [1.165, 1.54) is 18.3 Å². The second-order valence-electron chi connectivity index (χ2n) is 6.37. The number of nitrogens with two attached hydrogens (primary N) is 1. The Morgan fingerprint density at radius 3 is 2.89 bits per heavy atom. The number of aromatic nitrogens is 4. The summed E-state index contributed by atoms with van der Waals surface area (Å²) in [4.78, 5) is 16.2. The Labute approximate surface area is 160 Å². The number of pyridine rings is 1. The monoisotopic (exact) mass is 376 g/mol. The average molecular weight is 376 g/mol. The molecule has 1 aromatic carbocycles. The first-order valence-corrected chi connectivity index (χ1v) is 8.62. The van der Waals surface area contributed by atoms with Crippen LogP contribution in [0, 0.1) is 12.7 Å². The van der Waals surface area contributed by atoms with Crippen molar-refractivity contribution in [3.8, 4) is 11.5 Å². The van der Waals surface area contributed by atoms with Gasteiger partial charge in [-0.15, -0.1) is 5.10 Å². The van der Waals surface area contributed by atoms with Crippen molar-refractivity contribution in [1.29, 1.82) is 0 Å². The molecule has 28 heavy (non-hydrogen) atoms. The molecular formula is C20H17FN6O. The molecule has 3 heterocycles. The van der Waals surface area contributed by atoms with E-state index >= 15 is 0 Å². The highest BCUT2D eigenvalue weighted by atomic mass is 19.1. The van der Waals surface area contributed by atoms with Gasteiger partial charge < -0.3 is 15.5 Å². The number of fused-ring (bicyclic) bond motifs is 1. The zero-order valence-electron chi connectivity index (χ0n) is 15.1. The maximum absolute atomic E-state index is 13.3. The molecule has 7 nitrogen and oxygen atoms in total. The third kappa shape index (κ3) is 3.27. The van der Waals surface area contributed by atoms with Crippen LogP contribution < -0.4 is 11.1 Å². The Kier molecular flexibility index (Phi) is 4.44. The number of anilines is 1. The van der Waals surface area contributed by atoms with E-state index in [9.17, 15) is 9.18 Å². The minimum Gasteiger partial charge on any atom is -0.366 e. The number of carbonyl (C=O) groups excluding carboxylic acids is 1. The van der Waals surface area contributed by atoms with Gasteiger partial charge in [-0.1, -0.05) is 12.1 Å². The molecule has 140 valence electrons. The third-order valence-corrected chi connectivity index (χ3v) is 4.40. The first kappa shape index (κ1) is 17.6. The highest BCUT2D eigenvalue weighted by molar-refractivity contribution is 6.00. The van der Waals surface area contributed by atoms with Crippen molar-refractivity contribution in [2.24, 2.45) is 5.73 Å². The molecule has 4 aromatic rings. The van der Waals surface area contributed by atoms with Gasteiger partial charge in [0, 0.05) is 12.7 Å². The summed E-state index contributed by atoms with van der Waals surface area (Å²) in [7, 11) is 0. The first-order valence-electron chi connectivity index (χ1n) is 8.62. The summed E-state index contributed by atoms with van der Waals surface area (Å²) in [6.07, 6.45) is 3.32. The van der Waals surface area contributed by atoms with Crippen LogP contribution in [0.3, 0.4) is 0 Å². The number of hydrogen-bond donors (Lipinski definition) is 2. The maximum atomic E-state index is 13.3. The number of hydrogen-bond acceptors (Lipinski definition) is 5. The molecule has 0 bridgehead atoms. The lowest BCUT2D eigenvalue weighted by Crippen LogP contribution is -2.12. The summed E-state index contributed by atoms with van der Waals surface area (Å²) in [5.41, 5.74) is 8.98. The van der Waals surface area contributed by atoms with E-state index in [4.69, 9.17) is 5.73 Å². The topological polar surface area (TPSA) is 98.2 Å². The SMILES string of the molecule is Cc1cc2c(C(N)=O)cccn2c1-c1nncc(NCc2cccc(F)c2)n1. The van der Waals surface area contributed by atoms with Gasteiger partial charge in [-0.3, -0.25) is 4.79 Å². The van der Waals surface area contributed by atoms with Crippen LogP contribution in [0.5, 0.6) is 0 Å². The molecule has 0 atom stereocenters. The molecule has 0 aliphatic heterocycles. The van der Waals surface area contributed by atoms with Gasteiger partial charge in [0.25, 0.3) is 5.91 Å². The standard InChI is InChI=1S/C20H17FN6O/c1-12-8-16-15(19(22)28)6-3-7-27(16)18(12)20-25-17(11-24-26-20)23-10-13-4-2-5-14(21)9-13/h2-9,11H,10H2,1H3,(H2,22,28)(H,23,25,26). The Hall–Kier alpha value is -3.81. The van der Waals surface area contributed by atoms with Crippen molar-refractivity contribution in [2.75, 3.05) is 5.32 Å². The number of carbonyl (C=O) groups is 1. The van der Waals surface area contributed by atoms with Crippen molar-refractivity contribution >= 4 is 17.2 Å². The summed E-state index contributed by atoms with van der Waals surface area (Å²) in [5, 5.41) is 11.3. The number of rotatable bonds is 5. The van der Waals surface area contributed by atoms with Crippen LogP contribution in [0.2, 0.25) is 0 Å². The lowest BCUT2D eigenvalue weighted by molar-refractivity contribution is 0.100. The third-order valence-electron chi connectivity index (χ3n) is 4.40. The van der Waals surface area contributed by atoms with E-state index in [1.807, 2.05) is 29.7 Å². The predicted octanol–water partition coefficient (Wildman–Crippen LogP) is 2.95. The van der Waals surface area contributed by atoms with Gasteiger partial charge in [-0.2, -0.15) is 5.10 Å². The van der Waals surface area contributed by atoms with E-state index in [0.29, 0.717) is 29.3 Å². The zero-order valence-corrected chi connectivity index (χ0v) is 15.1. The molecule has 0 saturated heterocycles. The maximum Gasteiger partial charge on any atom is 0.250 e. The van der Waals surface area contributed by atoms with E-state index in [2.05, 4.69) is 20.5 Å². The molecule has 0 aliphatic carbocycles. The molecule has 0 aliphatic rings. The molecule has 0 fully saturated rings. The molecule has 3 aromatic heterocycles. The predicted molar refractivity (Wildman–Crippen MR) is 103 cm³/mol. The summed E-state index contributed by atoms with van der Waals surface area (Å²) >= 11 is 0. The largest absolute Gasteiger partial charge is 0.366 e. The number of nitrogens with one attached hydrogen (secondary N) is 1. The van der Waals surface area contributed by atoms with E-state index in [1.54, 1.807) is 18.2 Å². The highest BCUT2D eigenvalue weighted by Gasteiger charge is 2.16. The fraction of sp³-hybridized carbons (Fsp3) is 0.100. The molecule has 0 spiro atoms. The van der Waals surface area contributed by atoms with Crippen LogP contribution in [0.1, 0.15) is 21.5 Å². The van der Waals surface area contributed by atoms with Gasteiger partial charge in [0.2, 0.25) is 5.82 Å². The Morgan fingerprint density at radius 2 is 2.11 bits per heavy atom. The number of aryl methyl sites for hydroxylation is 1. The van der Waals surface area contributed by atoms with Crippen molar-refractivity contribution in [3.05, 3.63) is 77.4 Å². The van der Waals surface area contributed by atoms with Gasteiger partial charge in [0.1, 0.15) is 11.6 Å².